The van der Waals surface area contributed by atoms with Crippen LogP contribution in [0, 0.1) is 0 Å². The third kappa shape index (κ3) is 3.63. The van der Waals surface area contributed by atoms with Gasteiger partial charge >= 0.3 is 0 Å². The molecule has 0 amide bonds. The van der Waals surface area contributed by atoms with E-state index in [2.05, 4.69) is 9.97 Å². The Kier molecular flexibility index (Phi) is 5.24. The van der Waals surface area contributed by atoms with Crippen molar-refractivity contribution in [2.75, 3.05) is 14.1 Å². The molecule has 1 aromatic carbocycles. The first-order chi connectivity index (χ1) is 13.0. The number of aryl methyl sites for hydroxylation is 2. The van der Waals surface area contributed by atoms with Crippen molar-refractivity contribution in [2.45, 2.75) is 41.4 Å². The van der Waals surface area contributed by atoms with E-state index in [0.29, 0.717) is 10.6 Å². The molecule has 0 N–H and O–H groups in total. The van der Waals surface area contributed by atoms with Gasteiger partial charge in [0.2, 0.25) is 10.0 Å². The summed E-state index contributed by atoms with van der Waals surface area (Å²) in [4.78, 5) is 11.9. The zero-order valence-corrected chi connectivity index (χ0v) is 17.8. The standard InChI is InChI=1S/C19H21N3O2S3/c1-22(2)27(23,24)14-7-5-6-13(10-14)11-25-18-17-15-8-3-4-9-16(15)26-19(17)21-12-20-18/h5-7,10,12H,3-4,8-9,11H2,1-2H3. The topological polar surface area (TPSA) is 63.2 Å². The summed E-state index contributed by atoms with van der Waals surface area (Å²) in [6.45, 7) is 0. The van der Waals surface area contributed by atoms with Crippen LogP contribution in [-0.2, 0) is 28.6 Å². The number of sulfonamides is 1. The van der Waals surface area contributed by atoms with E-state index in [4.69, 9.17) is 0 Å². The van der Waals surface area contributed by atoms with Crippen LogP contribution in [0.3, 0.4) is 0 Å². The van der Waals surface area contributed by atoms with Crippen molar-refractivity contribution in [3.05, 3.63) is 46.6 Å². The maximum atomic E-state index is 12.4. The molecular weight excluding hydrogens is 398 g/mol. The molecule has 1 aliphatic rings. The lowest BCUT2D eigenvalue weighted by Crippen LogP contribution is -2.22. The van der Waals surface area contributed by atoms with Crippen LogP contribution in [0.25, 0.3) is 10.2 Å². The van der Waals surface area contributed by atoms with Gasteiger partial charge in [-0.3, -0.25) is 0 Å². The van der Waals surface area contributed by atoms with E-state index in [0.717, 1.165) is 28.3 Å². The fourth-order valence-corrected chi connectivity index (χ4v) is 6.56. The van der Waals surface area contributed by atoms with Gasteiger partial charge in [-0.05, 0) is 48.9 Å². The Morgan fingerprint density at radius 1 is 1.19 bits per heavy atom. The first-order valence-electron chi connectivity index (χ1n) is 8.86. The Bertz CT molecular complexity index is 1090. The van der Waals surface area contributed by atoms with Gasteiger partial charge in [0.1, 0.15) is 16.2 Å². The molecule has 0 saturated heterocycles. The lowest BCUT2D eigenvalue weighted by molar-refractivity contribution is 0.520. The van der Waals surface area contributed by atoms with Gasteiger partial charge in [0.15, 0.2) is 0 Å². The maximum Gasteiger partial charge on any atom is 0.242 e. The predicted octanol–water partition coefficient (Wildman–Crippen LogP) is 4.11. The summed E-state index contributed by atoms with van der Waals surface area (Å²) in [5, 5.41) is 2.21. The number of benzene rings is 1. The molecule has 0 spiro atoms. The van der Waals surface area contributed by atoms with Gasteiger partial charge in [-0.25, -0.2) is 22.7 Å². The van der Waals surface area contributed by atoms with Crippen molar-refractivity contribution in [3.8, 4) is 0 Å². The number of rotatable bonds is 5. The normalized spacial score (nSPS) is 14.6. The second-order valence-electron chi connectivity index (χ2n) is 6.79. The average Bonchev–Trinajstić information content (AvgIpc) is 3.05. The van der Waals surface area contributed by atoms with E-state index < -0.39 is 10.0 Å². The van der Waals surface area contributed by atoms with Gasteiger partial charge in [-0.2, -0.15) is 0 Å². The van der Waals surface area contributed by atoms with Gasteiger partial charge in [-0.1, -0.05) is 12.1 Å². The van der Waals surface area contributed by atoms with Gasteiger partial charge in [0.25, 0.3) is 0 Å². The molecule has 0 aliphatic heterocycles. The van der Waals surface area contributed by atoms with Gasteiger partial charge in [0, 0.05) is 30.1 Å². The molecule has 0 saturated carbocycles. The third-order valence-electron chi connectivity index (χ3n) is 4.77. The summed E-state index contributed by atoms with van der Waals surface area (Å²) >= 11 is 3.45. The van der Waals surface area contributed by atoms with Crippen LogP contribution in [0.5, 0.6) is 0 Å². The zero-order chi connectivity index (χ0) is 19.0. The Morgan fingerprint density at radius 2 is 2.00 bits per heavy atom. The van der Waals surface area contributed by atoms with Crippen LogP contribution in [0.4, 0.5) is 0 Å². The molecule has 0 fully saturated rings. The van der Waals surface area contributed by atoms with Crippen LogP contribution in [0.2, 0.25) is 0 Å². The minimum atomic E-state index is -3.42. The summed E-state index contributed by atoms with van der Waals surface area (Å²) < 4.78 is 26.0. The van der Waals surface area contributed by atoms with Crippen molar-refractivity contribution >= 4 is 43.3 Å². The molecule has 8 heteroatoms. The average molecular weight is 420 g/mol. The van der Waals surface area contributed by atoms with Crippen molar-refractivity contribution in [3.63, 3.8) is 0 Å². The van der Waals surface area contributed by atoms with E-state index in [1.54, 1.807) is 61.7 Å². The molecule has 2 heterocycles. The van der Waals surface area contributed by atoms with Gasteiger partial charge < -0.3 is 0 Å². The number of nitrogens with zero attached hydrogens (tertiary/aromatic N) is 3. The lowest BCUT2D eigenvalue weighted by atomic mass is 9.97. The molecule has 142 valence electrons. The van der Waals surface area contributed by atoms with Gasteiger partial charge in [0.05, 0.1) is 4.90 Å². The largest absolute Gasteiger partial charge is 0.242 e. The highest BCUT2D eigenvalue weighted by molar-refractivity contribution is 7.98. The van der Waals surface area contributed by atoms with Gasteiger partial charge in [-0.15, -0.1) is 23.1 Å². The molecule has 0 bridgehead atoms. The summed E-state index contributed by atoms with van der Waals surface area (Å²) in [5.41, 5.74) is 2.40. The van der Waals surface area contributed by atoms with E-state index in [-0.39, 0.29) is 0 Å². The number of thioether (sulfide) groups is 1. The smallest absolute Gasteiger partial charge is 0.229 e. The van der Waals surface area contributed by atoms with E-state index in [1.807, 2.05) is 6.07 Å². The molecule has 27 heavy (non-hydrogen) atoms. The van der Waals surface area contributed by atoms with Crippen molar-refractivity contribution in [1.82, 2.24) is 14.3 Å². The summed E-state index contributed by atoms with van der Waals surface area (Å²) in [6, 6.07) is 7.16. The quantitative estimate of drug-likeness (QED) is 0.460. The zero-order valence-electron chi connectivity index (χ0n) is 15.3. The number of fused-ring (bicyclic) bond motifs is 3. The second kappa shape index (κ2) is 7.50. The van der Waals surface area contributed by atoms with Crippen molar-refractivity contribution in [1.29, 1.82) is 0 Å². The lowest BCUT2D eigenvalue weighted by Gasteiger charge is -2.13. The molecule has 2 aromatic heterocycles. The van der Waals surface area contributed by atoms with E-state index >= 15 is 0 Å². The SMILES string of the molecule is CN(C)S(=O)(=O)c1cccc(CSc2ncnc3sc4c(c23)CCCC4)c1. The van der Waals surface area contributed by atoms with Crippen molar-refractivity contribution < 1.29 is 8.42 Å². The van der Waals surface area contributed by atoms with Crippen LogP contribution < -0.4 is 0 Å². The molecule has 0 radical (unpaired) electrons. The summed E-state index contributed by atoms with van der Waals surface area (Å²) in [7, 11) is -0.321. The van der Waals surface area contributed by atoms with Crippen molar-refractivity contribution in [2.24, 2.45) is 0 Å². The number of aromatic nitrogens is 2. The molecule has 1 aliphatic carbocycles. The fourth-order valence-electron chi connectivity index (χ4n) is 3.33. The summed E-state index contributed by atoms with van der Waals surface area (Å²) in [6.07, 6.45) is 6.36. The molecule has 4 rings (SSSR count). The minimum absolute atomic E-state index is 0.325. The number of hydrogen-bond donors (Lipinski definition) is 0. The van der Waals surface area contributed by atoms with Crippen LogP contribution in [0.1, 0.15) is 28.8 Å². The van der Waals surface area contributed by atoms with Crippen LogP contribution in [-0.4, -0.2) is 36.8 Å². The van der Waals surface area contributed by atoms with Crippen LogP contribution in [0.15, 0.2) is 40.5 Å². The third-order valence-corrected chi connectivity index (χ3v) is 8.84. The molecule has 5 nitrogen and oxygen atoms in total. The first-order valence-corrected chi connectivity index (χ1v) is 12.1. The highest BCUT2D eigenvalue weighted by Crippen LogP contribution is 2.39. The molecule has 0 atom stereocenters. The fraction of sp³-hybridized carbons (Fsp3) is 0.368. The predicted molar refractivity (Wildman–Crippen MR) is 111 cm³/mol. The maximum absolute atomic E-state index is 12.4. The molecule has 3 aromatic rings. The number of hydrogen-bond acceptors (Lipinski definition) is 6. The highest BCUT2D eigenvalue weighted by atomic mass is 32.2. The Morgan fingerprint density at radius 3 is 2.81 bits per heavy atom. The van der Waals surface area contributed by atoms with Crippen LogP contribution >= 0.6 is 23.1 Å². The minimum Gasteiger partial charge on any atom is -0.229 e. The Balaban J connectivity index is 1.62. The first kappa shape index (κ1) is 18.9. The monoisotopic (exact) mass is 419 g/mol. The van der Waals surface area contributed by atoms with E-state index in [1.165, 1.54) is 33.0 Å². The molecular formula is C19H21N3O2S3. The Labute approximate surface area is 167 Å². The van der Waals surface area contributed by atoms with E-state index in [9.17, 15) is 8.42 Å². The highest BCUT2D eigenvalue weighted by Gasteiger charge is 2.20. The molecule has 0 unspecified atom stereocenters. The number of thiophene rings is 1. The summed E-state index contributed by atoms with van der Waals surface area (Å²) in [5.74, 6) is 0.674. The Hall–Kier alpha value is -1.48. The second-order valence-corrected chi connectivity index (χ2v) is 11.0.